The fourth-order valence-corrected chi connectivity index (χ4v) is 5.04. The molecule has 5 rings (SSSR count). The van der Waals surface area contributed by atoms with Gasteiger partial charge in [0, 0.05) is 62.1 Å². The molecule has 2 aliphatic rings. The van der Waals surface area contributed by atoms with E-state index >= 15 is 0 Å². The number of fused-ring (bicyclic) bond motifs is 3. The fraction of sp³-hybridized carbons (Fsp3) is 0.308. The van der Waals surface area contributed by atoms with E-state index in [1.807, 2.05) is 18.2 Å². The maximum Gasteiger partial charge on any atom is 0.269 e. The van der Waals surface area contributed by atoms with Crippen LogP contribution in [0.2, 0.25) is 0 Å². The van der Waals surface area contributed by atoms with Gasteiger partial charge in [-0.2, -0.15) is 0 Å². The predicted molar refractivity (Wildman–Crippen MR) is 131 cm³/mol. The van der Waals surface area contributed by atoms with Crippen LogP contribution in [0.15, 0.2) is 67.0 Å². The van der Waals surface area contributed by atoms with Crippen molar-refractivity contribution >= 4 is 23.0 Å². The molecule has 0 unspecified atom stereocenters. The van der Waals surface area contributed by atoms with Crippen molar-refractivity contribution in [3.8, 4) is 0 Å². The van der Waals surface area contributed by atoms with Crippen LogP contribution in [-0.2, 0) is 17.8 Å². The molecule has 0 spiro atoms. The number of pyridine rings is 1. The number of non-ortho nitro benzene ring substituents is 1. The molecule has 1 amide bonds. The molecule has 8 nitrogen and oxygen atoms in total. The number of carbonyl (C=O) groups excluding carboxylic acids is 1. The average molecular weight is 458 g/mol. The summed E-state index contributed by atoms with van der Waals surface area (Å²) in [7, 11) is 0. The third-order valence-electron chi connectivity index (χ3n) is 6.83. The standard InChI is InChI=1S/C26H27N5O3/c1-18-4-6-21(7-5-18)29-11-12-30-24-9-8-22(31(33)34)13-20(24)14-23(25(30)17-29)26(32)28-16-19-3-2-10-27-15-19/h2-10,13,15,23,25H,11-12,14,16-17H2,1H3,(H,28,32)/t23-,25+/m0/s1. The molecule has 2 aromatic carbocycles. The number of aryl methyl sites for hydroxylation is 1. The van der Waals surface area contributed by atoms with E-state index < -0.39 is 0 Å². The summed E-state index contributed by atoms with van der Waals surface area (Å²) in [5.74, 6) is -0.360. The van der Waals surface area contributed by atoms with Gasteiger partial charge in [0.25, 0.3) is 5.69 Å². The average Bonchev–Trinajstić information content (AvgIpc) is 2.87. The van der Waals surface area contributed by atoms with Gasteiger partial charge in [-0.05, 0) is 48.7 Å². The lowest BCUT2D eigenvalue weighted by Crippen LogP contribution is -2.61. The number of nitrogens with zero attached hydrogens (tertiary/aromatic N) is 4. The van der Waals surface area contributed by atoms with E-state index in [0.717, 1.165) is 35.6 Å². The summed E-state index contributed by atoms with van der Waals surface area (Å²) in [6, 6.07) is 17.2. The van der Waals surface area contributed by atoms with Crippen molar-refractivity contribution in [1.82, 2.24) is 10.3 Å². The first-order valence-corrected chi connectivity index (χ1v) is 11.5. The maximum atomic E-state index is 13.4. The highest BCUT2D eigenvalue weighted by Gasteiger charge is 2.42. The van der Waals surface area contributed by atoms with E-state index in [9.17, 15) is 14.9 Å². The van der Waals surface area contributed by atoms with Gasteiger partial charge in [-0.25, -0.2) is 0 Å². The van der Waals surface area contributed by atoms with Crippen molar-refractivity contribution in [2.45, 2.75) is 25.9 Å². The summed E-state index contributed by atoms with van der Waals surface area (Å²) in [6.45, 7) is 4.75. The Morgan fingerprint density at radius 2 is 2.00 bits per heavy atom. The summed E-state index contributed by atoms with van der Waals surface area (Å²) in [4.78, 5) is 33.1. The molecular weight excluding hydrogens is 430 g/mol. The Labute approximate surface area is 198 Å². The Balaban J connectivity index is 1.43. The van der Waals surface area contributed by atoms with Gasteiger partial charge in [0.2, 0.25) is 5.91 Å². The Morgan fingerprint density at radius 1 is 1.18 bits per heavy atom. The molecule has 0 bridgehead atoms. The van der Waals surface area contributed by atoms with Crippen LogP contribution in [-0.4, -0.2) is 41.5 Å². The van der Waals surface area contributed by atoms with E-state index in [0.29, 0.717) is 19.5 Å². The minimum Gasteiger partial charge on any atom is -0.368 e. The van der Waals surface area contributed by atoms with Gasteiger partial charge in [-0.3, -0.25) is 19.9 Å². The first-order chi connectivity index (χ1) is 16.5. The Bertz CT molecular complexity index is 1200. The van der Waals surface area contributed by atoms with Crippen molar-refractivity contribution in [1.29, 1.82) is 0 Å². The summed E-state index contributed by atoms with van der Waals surface area (Å²) < 4.78 is 0. The molecule has 1 saturated heterocycles. The van der Waals surface area contributed by atoms with Gasteiger partial charge >= 0.3 is 0 Å². The second kappa shape index (κ2) is 9.13. The Hall–Kier alpha value is -3.94. The lowest BCUT2D eigenvalue weighted by atomic mass is 9.83. The zero-order valence-electron chi connectivity index (χ0n) is 19.1. The second-order valence-corrected chi connectivity index (χ2v) is 9.00. The van der Waals surface area contributed by atoms with E-state index in [1.54, 1.807) is 24.5 Å². The molecule has 3 aromatic rings. The molecule has 0 radical (unpaired) electrons. The van der Waals surface area contributed by atoms with Gasteiger partial charge in [-0.15, -0.1) is 0 Å². The Morgan fingerprint density at radius 3 is 2.74 bits per heavy atom. The minimum atomic E-state index is -0.376. The molecule has 8 heteroatoms. The van der Waals surface area contributed by atoms with Crippen LogP contribution < -0.4 is 15.1 Å². The van der Waals surface area contributed by atoms with E-state index in [4.69, 9.17) is 0 Å². The van der Waals surface area contributed by atoms with Crippen LogP contribution in [0, 0.1) is 23.0 Å². The number of aromatic nitrogens is 1. The SMILES string of the molecule is Cc1ccc(N2CCN3c4ccc([N+](=O)[O-])cc4C[C@H](C(=O)NCc4cccnc4)[C@H]3C2)cc1. The molecule has 2 aliphatic heterocycles. The van der Waals surface area contributed by atoms with Gasteiger partial charge in [0.15, 0.2) is 0 Å². The molecule has 34 heavy (non-hydrogen) atoms. The third-order valence-corrected chi connectivity index (χ3v) is 6.83. The zero-order valence-corrected chi connectivity index (χ0v) is 19.1. The molecule has 3 heterocycles. The fourth-order valence-electron chi connectivity index (χ4n) is 5.04. The second-order valence-electron chi connectivity index (χ2n) is 9.00. The monoisotopic (exact) mass is 457 g/mol. The minimum absolute atomic E-state index is 0.0297. The van der Waals surface area contributed by atoms with Crippen molar-refractivity contribution in [3.63, 3.8) is 0 Å². The third kappa shape index (κ3) is 4.31. The zero-order chi connectivity index (χ0) is 23.7. The number of benzene rings is 2. The smallest absolute Gasteiger partial charge is 0.269 e. The highest BCUT2D eigenvalue weighted by atomic mass is 16.6. The van der Waals surface area contributed by atoms with Crippen LogP contribution >= 0.6 is 0 Å². The normalized spacial score (nSPS) is 19.2. The maximum absolute atomic E-state index is 13.4. The van der Waals surface area contributed by atoms with Gasteiger partial charge in [0.05, 0.1) is 16.9 Å². The summed E-state index contributed by atoms with van der Waals surface area (Å²) in [6.07, 6.45) is 3.92. The lowest BCUT2D eigenvalue weighted by molar-refractivity contribution is -0.384. The molecule has 1 fully saturated rings. The number of anilines is 2. The highest BCUT2D eigenvalue weighted by molar-refractivity contribution is 5.82. The number of nitrogens with one attached hydrogen (secondary N) is 1. The summed E-state index contributed by atoms with van der Waals surface area (Å²) >= 11 is 0. The first kappa shape index (κ1) is 21.9. The molecule has 0 aliphatic carbocycles. The number of amides is 1. The molecule has 0 saturated carbocycles. The van der Waals surface area contributed by atoms with Gasteiger partial charge in [-0.1, -0.05) is 23.8 Å². The predicted octanol–water partition coefficient (Wildman–Crippen LogP) is 3.48. The number of hydrogen-bond acceptors (Lipinski definition) is 6. The first-order valence-electron chi connectivity index (χ1n) is 11.5. The van der Waals surface area contributed by atoms with Crippen LogP contribution in [0.4, 0.5) is 17.1 Å². The topological polar surface area (TPSA) is 91.6 Å². The van der Waals surface area contributed by atoms with E-state index in [2.05, 4.69) is 51.3 Å². The molecule has 2 atom stereocenters. The molecule has 174 valence electrons. The summed E-state index contributed by atoms with van der Waals surface area (Å²) in [5.41, 5.74) is 5.21. The van der Waals surface area contributed by atoms with Crippen molar-refractivity contribution in [3.05, 3.63) is 93.8 Å². The summed E-state index contributed by atoms with van der Waals surface area (Å²) in [5, 5.41) is 14.4. The van der Waals surface area contributed by atoms with Crippen molar-refractivity contribution in [2.75, 3.05) is 29.4 Å². The van der Waals surface area contributed by atoms with E-state index in [-0.39, 0.29) is 28.5 Å². The number of carbonyl (C=O) groups is 1. The van der Waals surface area contributed by atoms with Crippen LogP contribution in [0.5, 0.6) is 0 Å². The lowest BCUT2D eigenvalue weighted by Gasteiger charge is -2.49. The van der Waals surface area contributed by atoms with Gasteiger partial charge in [0.1, 0.15) is 0 Å². The quantitative estimate of drug-likeness (QED) is 0.466. The number of rotatable bonds is 5. The van der Waals surface area contributed by atoms with Gasteiger partial charge < -0.3 is 15.1 Å². The molecule has 1 aromatic heterocycles. The highest BCUT2D eigenvalue weighted by Crippen LogP contribution is 2.38. The van der Waals surface area contributed by atoms with Crippen LogP contribution in [0.1, 0.15) is 16.7 Å². The van der Waals surface area contributed by atoms with E-state index in [1.165, 1.54) is 5.56 Å². The van der Waals surface area contributed by atoms with Crippen molar-refractivity contribution in [2.24, 2.45) is 5.92 Å². The number of hydrogen-bond donors (Lipinski definition) is 1. The number of nitro benzene ring substituents is 1. The molecule has 1 N–H and O–H groups in total. The van der Waals surface area contributed by atoms with Crippen LogP contribution in [0.25, 0.3) is 0 Å². The number of piperazine rings is 1. The van der Waals surface area contributed by atoms with Crippen molar-refractivity contribution < 1.29 is 9.72 Å². The largest absolute Gasteiger partial charge is 0.368 e. The van der Waals surface area contributed by atoms with Crippen LogP contribution in [0.3, 0.4) is 0 Å². The Kier molecular flexibility index (Phi) is 5.88. The number of nitro groups is 1. The molecular formula is C26H27N5O3.